The molecule has 3 heterocycles. The fourth-order valence-electron chi connectivity index (χ4n) is 2.90. The molecule has 0 spiro atoms. The van der Waals surface area contributed by atoms with Crippen molar-refractivity contribution in [3.63, 3.8) is 0 Å². The Labute approximate surface area is 156 Å². The minimum absolute atomic E-state index is 0.251. The van der Waals surface area contributed by atoms with Crippen molar-refractivity contribution in [3.8, 4) is 0 Å². The van der Waals surface area contributed by atoms with Crippen molar-refractivity contribution in [2.24, 2.45) is 0 Å². The normalized spacial score (nSPS) is 14.3. The van der Waals surface area contributed by atoms with Crippen LogP contribution in [-0.2, 0) is 6.54 Å². The lowest BCUT2D eigenvalue weighted by Crippen LogP contribution is -2.47. The molecule has 4 rings (SSSR count). The summed E-state index contributed by atoms with van der Waals surface area (Å²) in [6, 6.07) is 8.13. The van der Waals surface area contributed by atoms with Crippen molar-refractivity contribution in [1.82, 2.24) is 25.1 Å². The van der Waals surface area contributed by atoms with Crippen LogP contribution in [0.25, 0.3) is 0 Å². The van der Waals surface area contributed by atoms with E-state index >= 15 is 0 Å². The third-order valence-corrected chi connectivity index (χ3v) is 4.35. The van der Waals surface area contributed by atoms with Gasteiger partial charge < -0.3 is 15.1 Å². The van der Waals surface area contributed by atoms with Crippen LogP contribution in [0.15, 0.2) is 48.9 Å². The number of nitrogens with one attached hydrogen (secondary N) is 1. The molecule has 2 aromatic heterocycles. The molecule has 1 aliphatic rings. The fourth-order valence-corrected chi connectivity index (χ4v) is 2.90. The van der Waals surface area contributed by atoms with Crippen molar-refractivity contribution < 1.29 is 4.39 Å². The van der Waals surface area contributed by atoms with Crippen molar-refractivity contribution in [2.45, 2.75) is 6.54 Å². The summed E-state index contributed by atoms with van der Waals surface area (Å²) in [5.41, 5.74) is 0.946. The molecule has 138 valence electrons. The highest BCUT2D eigenvalue weighted by Gasteiger charge is 2.20. The molecule has 0 atom stereocenters. The van der Waals surface area contributed by atoms with Gasteiger partial charge in [-0.2, -0.15) is 10.1 Å². The largest absolute Gasteiger partial charge is 0.352 e. The number of anilines is 3. The Morgan fingerprint density at radius 3 is 2.41 bits per heavy atom. The smallest absolute Gasteiger partial charge is 0.244 e. The van der Waals surface area contributed by atoms with E-state index in [1.165, 1.54) is 12.1 Å². The van der Waals surface area contributed by atoms with Crippen LogP contribution in [0.1, 0.15) is 5.56 Å². The standard InChI is InChI=1S/C18H19FN8/c19-15-4-2-14(3-5-15)12-22-17-24-16(13-23-25-17)26-8-10-27(11-9-26)18-20-6-1-7-21-18/h1-7,13H,8-12H2,(H,22,24,25). The molecule has 8 nitrogen and oxygen atoms in total. The maximum atomic E-state index is 13.0. The average Bonchev–Trinajstić information content (AvgIpc) is 2.74. The molecule has 1 aromatic carbocycles. The maximum absolute atomic E-state index is 13.0. The minimum atomic E-state index is -0.251. The van der Waals surface area contributed by atoms with Crippen LogP contribution in [0.3, 0.4) is 0 Å². The molecule has 0 radical (unpaired) electrons. The molecule has 0 bridgehead atoms. The second-order valence-corrected chi connectivity index (χ2v) is 6.14. The number of benzene rings is 1. The SMILES string of the molecule is Fc1ccc(CNc2nncc(N3CCN(c4ncccn4)CC3)n2)cc1. The first kappa shape index (κ1) is 17.1. The van der Waals surface area contributed by atoms with Crippen LogP contribution in [0, 0.1) is 5.82 Å². The van der Waals surface area contributed by atoms with Gasteiger partial charge in [0, 0.05) is 45.1 Å². The highest BCUT2D eigenvalue weighted by Crippen LogP contribution is 2.16. The zero-order valence-corrected chi connectivity index (χ0v) is 14.7. The number of hydrogen-bond donors (Lipinski definition) is 1. The Bertz CT molecular complexity index is 866. The molecule has 0 aliphatic carbocycles. The van der Waals surface area contributed by atoms with E-state index < -0.39 is 0 Å². The Hall–Kier alpha value is -3.36. The Balaban J connectivity index is 1.36. The van der Waals surface area contributed by atoms with E-state index in [4.69, 9.17) is 0 Å². The molecule has 1 saturated heterocycles. The summed E-state index contributed by atoms with van der Waals surface area (Å²) in [6.07, 6.45) is 5.17. The van der Waals surface area contributed by atoms with Crippen LogP contribution in [-0.4, -0.2) is 51.3 Å². The summed E-state index contributed by atoms with van der Waals surface area (Å²) in [4.78, 5) is 17.5. The second kappa shape index (κ2) is 7.90. The number of rotatable bonds is 5. The molecule has 9 heteroatoms. The van der Waals surface area contributed by atoms with Crippen molar-refractivity contribution in [2.75, 3.05) is 41.3 Å². The van der Waals surface area contributed by atoms with E-state index in [1.54, 1.807) is 30.7 Å². The maximum Gasteiger partial charge on any atom is 0.244 e. The Morgan fingerprint density at radius 2 is 1.67 bits per heavy atom. The summed E-state index contributed by atoms with van der Waals surface area (Å²) in [6.45, 7) is 3.73. The molecule has 0 saturated carbocycles. The Morgan fingerprint density at radius 1 is 0.963 bits per heavy atom. The van der Waals surface area contributed by atoms with Gasteiger partial charge in [0.15, 0.2) is 5.82 Å². The summed E-state index contributed by atoms with van der Waals surface area (Å²) >= 11 is 0. The van der Waals surface area contributed by atoms with E-state index in [9.17, 15) is 4.39 Å². The van der Waals surface area contributed by atoms with Crippen LogP contribution >= 0.6 is 0 Å². The monoisotopic (exact) mass is 366 g/mol. The molecule has 3 aromatic rings. The lowest BCUT2D eigenvalue weighted by molar-refractivity contribution is 0.627. The van der Waals surface area contributed by atoms with Gasteiger partial charge in [0.25, 0.3) is 0 Å². The van der Waals surface area contributed by atoms with E-state index in [-0.39, 0.29) is 5.82 Å². The van der Waals surface area contributed by atoms with Gasteiger partial charge in [-0.25, -0.2) is 14.4 Å². The predicted molar refractivity (Wildman–Crippen MR) is 100 cm³/mol. The summed E-state index contributed by atoms with van der Waals surface area (Å²) < 4.78 is 13.0. The number of nitrogens with zero attached hydrogens (tertiary/aromatic N) is 7. The summed E-state index contributed by atoms with van der Waals surface area (Å²) in [5.74, 6) is 1.73. The zero-order chi connectivity index (χ0) is 18.5. The molecule has 1 N–H and O–H groups in total. The minimum Gasteiger partial charge on any atom is -0.352 e. The van der Waals surface area contributed by atoms with Crippen molar-refractivity contribution in [1.29, 1.82) is 0 Å². The Kier molecular flexibility index (Phi) is 4.99. The van der Waals surface area contributed by atoms with Gasteiger partial charge in [-0.3, -0.25) is 0 Å². The van der Waals surface area contributed by atoms with Crippen molar-refractivity contribution >= 4 is 17.7 Å². The first-order valence-corrected chi connectivity index (χ1v) is 8.73. The number of hydrogen-bond acceptors (Lipinski definition) is 8. The first-order valence-electron chi connectivity index (χ1n) is 8.73. The van der Waals surface area contributed by atoms with E-state index in [0.29, 0.717) is 12.5 Å². The van der Waals surface area contributed by atoms with Gasteiger partial charge in [-0.05, 0) is 23.8 Å². The quantitative estimate of drug-likeness (QED) is 0.731. The van der Waals surface area contributed by atoms with Crippen LogP contribution in [0.4, 0.5) is 22.1 Å². The number of aromatic nitrogens is 5. The number of piperazine rings is 1. The lowest BCUT2D eigenvalue weighted by Gasteiger charge is -2.35. The average molecular weight is 366 g/mol. The molecular weight excluding hydrogens is 347 g/mol. The van der Waals surface area contributed by atoms with Gasteiger partial charge >= 0.3 is 0 Å². The number of halogens is 1. The molecule has 0 amide bonds. The molecule has 27 heavy (non-hydrogen) atoms. The van der Waals surface area contributed by atoms with Gasteiger partial charge in [0.2, 0.25) is 11.9 Å². The molecule has 1 fully saturated rings. The summed E-state index contributed by atoms with van der Waals surface area (Å²) in [5, 5.41) is 11.2. The first-order chi connectivity index (χ1) is 13.3. The molecular formula is C18H19FN8. The molecule has 0 unspecified atom stereocenters. The van der Waals surface area contributed by atoms with Gasteiger partial charge in [-0.1, -0.05) is 12.1 Å². The predicted octanol–water partition coefficient (Wildman–Crippen LogP) is 1.74. The highest BCUT2D eigenvalue weighted by atomic mass is 19.1. The van der Waals surface area contributed by atoms with Gasteiger partial charge in [-0.15, -0.1) is 5.10 Å². The van der Waals surface area contributed by atoms with Crippen molar-refractivity contribution in [3.05, 3.63) is 60.3 Å². The third-order valence-electron chi connectivity index (χ3n) is 4.35. The van der Waals surface area contributed by atoms with Crippen LogP contribution in [0.5, 0.6) is 0 Å². The topological polar surface area (TPSA) is 83.0 Å². The fraction of sp³-hybridized carbons (Fsp3) is 0.278. The van der Waals surface area contributed by atoms with E-state index in [1.807, 2.05) is 6.07 Å². The van der Waals surface area contributed by atoms with E-state index in [0.717, 1.165) is 43.5 Å². The van der Waals surface area contributed by atoms with Crippen LogP contribution < -0.4 is 15.1 Å². The van der Waals surface area contributed by atoms with Gasteiger partial charge in [0.1, 0.15) is 5.82 Å². The van der Waals surface area contributed by atoms with Crippen LogP contribution in [0.2, 0.25) is 0 Å². The zero-order valence-electron chi connectivity index (χ0n) is 14.7. The van der Waals surface area contributed by atoms with E-state index in [2.05, 4.69) is 40.3 Å². The third kappa shape index (κ3) is 4.25. The second-order valence-electron chi connectivity index (χ2n) is 6.14. The van der Waals surface area contributed by atoms with Gasteiger partial charge in [0.05, 0.1) is 6.20 Å². The highest BCUT2D eigenvalue weighted by molar-refractivity contribution is 5.43. The molecule has 1 aliphatic heterocycles. The summed E-state index contributed by atoms with van der Waals surface area (Å²) in [7, 11) is 0. The lowest BCUT2D eigenvalue weighted by atomic mass is 10.2.